The largest absolute Gasteiger partial charge is 1.00 e. The number of carbonyl (C=O) groups is 5. The second-order valence-corrected chi connectivity index (χ2v) is 24.4. The fourth-order valence-corrected chi connectivity index (χ4v) is 12.5. The SMILES string of the molecule is CCC(=O)[C@H](CCCN=C(N)N)NC(=O)[C@@H](CC(=O)[C@H](CCCN=C(N)N)NC(=O)[C@H](CCCCN)CC(=O)CCCCCN1C(=CC=CC=CC2=[N+](C)c3ccc4ccccc4c3C2(C)C)C(C)(C)c2c1ccc1ccccc21)CC(C)C.[Cl-]. The van der Waals surface area contributed by atoms with Gasteiger partial charge in [-0.1, -0.05) is 120 Å². The standard InChI is InChI=1S/C68H95N11O5.ClH/c1-9-57(81)53(30-22-39-74-65(70)71)76-64(84)49(42-45(2)3)44-58(82)54(31-23-40-75-66(72)73)77-63(83)48(26-19-20-38-69)43-50(80)27-12-11-21-41-79-56-37-35-47-25-16-18-29-52(47)62(56)68(6,7)60(79)33-14-10-13-32-59-67(4,5)61-51-28-17-15-24-46(51)34-36-55(61)78(59)8;/h10,13-18,24-25,28-29,32-37,45,48-49,53-54H,9,11-12,19-23,26-27,30-31,38-44,69H2,1-8H3,(H9-,70,71,72,73,74,75,76,77,83,84);1H/t48-,49-,53+,54+;/m1./s1. The number of hydrogen-bond acceptors (Lipinski definition) is 9. The molecule has 4 aromatic carbocycles. The van der Waals surface area contributed by atoms with Crippen LogP contribution in [-0.4, -0.2) is 96.7 Å². The topological polar surface area (TPSA) is 270 Å². The highest BCUT2D eigenvalue weighted by atomic mass is 35.5. The number of fused-ring (bicyclic) bond motifs is 6. The van der Waals surface area contributed by atoms with Crippen LogP contribution in [0.4, 0.5) is 11.4 Å². The average Bonchev–Trinajstić information content (AvgIpc) is 2.05. The zero-order chi connectivity index (χ0) is 61.1. The maximum Gasteiger partial charge on any atom is 0.224 e. The Kier molecular flexibility index (Phi) is 26.1. The van der Waals surface area contributed by atoms with Crippen LogP contribution < -0.4 is 56.6 Å². The van der Waals surface area contributed by atoms with Crippen LogP contribution in [0.1, 0.15) is 156 Å². The van der Waals surface area contributed by atoms with Crippen LogP contribution in [-0.2, 0) is 34.8 Å². The van der Waals surface area contributed by atoms with Crippen LogP contribution in [0.5, 0.6) is 0 Å². The summed E-state index contributed by atoms with van der Waals surface area (Å²) in [6, 6.07) is 24.4. The molecule has 0 unspecified atom stereocenters. The Balaban J connectivity index is 0.0000132. The number of halogens is 1. The van der Waals surface area contributed by atoms with Gasteiger partial charge in [-0.25, -0.2) is 0 Å². The van der Waals surface area contributed by atoms with Gasteiger partial charge in [-0.15, -0.1) is 0 Å². The van der Waals surface area contributed by atoms with E-state index in [0.29, 0.717) is 70.9 Å². The number of allylic oxidation sites excluding steroid dienone is 6. The van der Waals surface area contributed by atoms with E-state index in [2.05, 4.69) is 168 Å². The number of amides is 2. The minimum atomic E-state index is -0.969. The van der Waals surface area contributed by atoms with E-state index in [1.165, 1.54) is 55.5 Å². The Morgan fingerprint density at radius 3 is 1.84 bits per heavy atom. The first-order chi connectivity index (χ1) is 40.1. The summed E-state index contributed by atoms with van der Waals surface area (Å²) >= 11 is 0. The normalized spacial score (nSPS) is 16.1. The van der Waals surface area contributed by atoms with Gasteiger partial charge >= 0.3 is 0 Å². The van der Waals surface area contributed by atoms with Crippen molar-refractivity contribution < 1.29 is 41.0 Å². The number of nitrogens with two attached hydrogens (primary N) is 5. The average molecular weight is 1180 g/mol. The van der Waals surface area contributed by atoms with E-state index in [1.807, 2.05) is 13.8 Å². The first-order valence-electron chi connectivity index (χ1n) is 30.6. The first-order valence-corrected chi connectivity index (χ1v) is 30.6. The highest BCUT2D eigenvalue weighted by Gasteiger charge is 2.44. The second kappa shape index (κ2) is 32.4. The van der Waals surface area contributed by atoms with Gasteiger partial charge in [0.25, 0.3) is 0 Å². The molecule has 12 N–H and O–H groups in total. The number of benzene rings is 4. The van der Waals surface area contributed by atoms with E-state index in [4.69, 9.17) is 28.7 Å². The molecule has 460 valence electrons. The lowest BCUT2D eigenvalue weighted by Crippen LogP contribution is -3.00. The molecule has 0 aromatic heterocycles. The zero-order valence-corrected chi connectivity index (χ0v) is 52.5. The van der Waals surface area contributed by atoms with E-state index < -0.39 is 29.8 Å². The summed E-state index contributed by atoms with van der Waals surface area (Å²) in [6.45, 7) is 16.6. The van der Waals surface area contributed by atoms with Crippen molar-refractivity contribution in [3.05, 3.63) is 120 Å². The number of nitrogens with zero attached hydrogens (tertiary/aromatic N) is 4. The van der Waals surface area contributed by atoms with Crippen molar-refractivity contribution in [3.63, 3.8) is 0 Å². The highest BCUT2D eigenvalue weighted by Crippen LogP contribution is 2.51. The molecule has 2 aliphatic rings. The molecule has 2 aliphatic heterocycles. The van der Waals surface area contributed by atoms with Gasteiger partial charge < -0.3 is 56.6 Å². The molecule has 4 aromatic rings. The summed E-state index contributed by atoms with van der Waals surface area (Å²) in [5.41, 5.74) is 35.2. The molecule has 6 rings (SSSR count). The molecule has 0 saturated carbocycles. The summed E-state index contributed by atoms with van der Waals surface area (Å²) in [4.78, 5) is 80.1. The molecule has 0 bridgehead atoms. The Morgan fingerprint density at radius 2 is 1.24 bits per heavy atom. The van der Waals surface area contributed by atoms with Gasteiger partial charge in [0.2, 0.25) is 17.5 Å². The summed E-state index contributed by atoms with van der Waals surface area (Å²) in [5.74, 6) is -2.82. The number of guanidine groups is 2. The summed E-state index contributed by atoms with van der Waals surface area (Å²) in [7, 11) is 2.16. The monoisotopic (exact) mass is 1180 g/mol. The van der Waals surface area contributed by atoms with Gasteiger partial charge in [-0.05, 0) is 129 Å². The maximum atomic E-state index is 14.4. The van der Waals surface area contributed by atoms with Gasteiger partial charge in [0, 0.05) is 91.7 Å². The molecule has 2 heterocycles. The van der Waals surface area contributed by atoms with Crippen LogP contribution in [0.25, 0.3) is 21.5 Å². The fraction of sp³-hybridized carbons (Fsp3) is 0.500. The summed E-state index contributed by atoms with van der Waals surface area (Å²) < 4.78 is 2.32. The third kappa shape index (κ3) is 18.2. The van der Waals surface area contributed by atoms with Gasteiger partial charge in [-0.2, -0.15) is 4.58 Å². The lowest BCUT2D eigenvalue weighted by molar-refractivity contribution is -0.401. The third-order valence-corrected chi connectivity index (χ3v) is 16.8. The van der Waals surface area contributed by atoms with E-state index >= 15 is 0 Å². The number of ketones is 3. The van der Waals surface area contributed by atoms with Gasteiger partial charge in [0.1, 0.15) is 12.8 Å². The quantitative estimate of drug-likeness (QED) is 0.00846. The van der Waals surface area contributed by atoms with Crippen molar-refractivity contribution in [1.82, 2.24) is 10.6 Å². The molecule has 0 radical (unpaired) electrons. The predicted molar refractivity (Wildman–Crippen MR) is 345 cm³/mol. The number of nitrogens with one attached hydrogen (secondary N) is 2. The molecule has 4 atom stereocenters. The van der Waals surface area contributed by atoms with Gasteiger partial charge in [0.15, 0.2) is 29.2 Å². The third-order valence-electron chi connectivity index (χ3n) is 16.8. The summed E-state index contributed by atoms with van der Waals surface area (Å²) in [5, 5.41) is 10.9. The maximum absolute atomic E-state index is 14.4. The van der Waals surface area contributed by atoms with Crippen molar-refractivity contribution in [2.24, 2.45) is 56.4 Å². The Labute approximate surface area is 511 Å². The number of unbranched alkanes of at least 4 members (excludes halogenated alkanes) is 3. The number of hydrogen-bond donors (Lipinski definition) is 7. The van der Waals surface area contributed by atoms with Crippen molar-refractivity contribution >= 4 is 79.7 Å². The van der Waals surface area contributed by atoms with Crippen LogP contribution in [0.3, 0.4) is 0 Å². The predicted octanol–water partition coefficient (Wildman–Crippen LogP) is 6.74. The smallest absolute Gasteiger partial charge is 0.224 e. The number of anilines is 1. The Morgan fingerprint density at radius 1 is 0.647 bits per heavy atom. The zero-order valence-electron chi connectivity index (χ0n) is 51.7. The van der Waals surface area contributed by atoms with Crippen molar-refractivity contribution in [1.29, 1.82) is 0 Å². The highest BCUT2D eigenvalue weighted by molar-refractivity contribution is 6.07. The van der Waals surface area contributed by atoms with Gasteiger partial charge in [-0.3, -0.25) is 34.0 Å². The molecular formula is C68H96ClN11O5. The molecule has 0 fully saturated rings. The molecule has 85 heavy (non-hydrogen) atoms. The molecular weight excluding hydrogens is 1090 g/mol. The molecule has 0 saturated heterocycles. The van der Waals surface area contributed by atoms with Crippen LogP contribution in [0.2, 0.25) is 0 Å². The fourth-order valence-electron chi connectivity index (χ4n) is 12.5. The van der Waals surface area contributed by atoms with Crippen LogP contribution in [0, 0.1) is 17.8 Å². The second-order valence-electron chi connectivity index (χ2n) is 24.4. The van der Waals surface area contributed by atoms with Crippen molar-refractivity contribution in [2.45, 2.75) is 168 Å². The van der Waals surface area contributed by atoms with Crippen molar-refractivity contribution in [2.75, 3.05) is 38.1 Å². The van der Waals surface area contributed by atoms with Gasteiger partial charge in [0.05, 0.1) is 17.5 Å². The molecule has 16 nitrogen and oxygen atoms in total. The van der Waals surface area contributed by atoms with Crippen molar-refractivity contribution in [3.8, 4) is 0 Å². The van der Waals surface area contributed by atoms with E-state index in [-0.39, 0.29) is 96.6 Å². The van der Waals surface area contributed by atoms with Crippen LogP contribution >= 0.6 is 0 Å². The Bertz CT molecular complexity index is 3170. The number of Topliss-reactive ketones (excluding diaryl/α,β-unsaturated/α-hetero) is 3. The van der Waals surface area contributed by atoms with Crippen LogP contribution in [0.15, 0.2) is 119 Å². The molecule has 0 aliphatic carbocycles. The van der Waals surface area contributed by atoms with E-state index in [0.717, 1.165) is 19.4 Å². The molecule has 2 amide bonds. The lowest BCUT2D eigenvalue weighted by Gasteiger charge is -2.27. The number of aliphatic imine (C=N–C) groups is 2. The first kappa shape index (κ1) is 68.6. The summed E-state index contributed by atoms with van der Waals surface area (Å²) in [6.07, 6.45) is 17.2. The molecule has 0 spiro atoms. The number of carbonyl (C=O) groups excluding carboxylic acids is 5. The van der Waals surface area contributed by atoms with E-state index in [9.17, 15) is 24.0 Å². The number of rotatable bonds is 34. The van der Waals surface area contributed by atoms with E-state index in [1.54, 1.807) is 6.92 Å². The lowest BCUT2D eigenvalue weighted by atomic mass is 9.79. The molecule has 17 heteroatoms. The minimum Gasteiger partial charge on any atom is -1.00 e. The Hall–Kier alpha value is -7.17. The minimum absolute atomic E-state index is 0.